The fraction of sp³-hybridized carbons (Fsp3) is 1.00. The molecule has 2 atom stereocenters. The van der Waals surface area contributed by atoms with Crippen molar-refractivity contribution in [2.75, 3.05) is 19.7 Å². The van der Waals surface area contributed by atoms with Crippen molar-refractivity contribution >= 4 is 0 Å². The van der Waals surface area contributed by atoms with E-state index < -0.39 is 0 Å². The van der Waals surface area contributed by atoms with E-state index in [1.807, 2.05) is 0 Å². The highest BCUT2D eigenvalue weighted by molar-refractivity contribution is 4.90. The van der Waals surface area contributed by atoms with Crippen LogP contribution in [0.3, 0.4) is 0 Å². The third kappa shape index (κ3) is 3.69. The molecule has 0 radical (unpaired) electrons. The molecule has 1 saturated carbocycles. The normalized spacial score (nSPS) is 38.8. The van der Waals surface area contributed by atoms with Gasteiger partial charge in [-0.2, -0.15) is 0 Å². The van der Waals surface area contributed by atoms with Crippen molar-refractivity contribution in [3.8, 4) is 0 Å². The van der Waals surface area contributed by atoms with E-state index in [1.54, 1.807) is 0 Å². The first-order chi connectivity index (χ1) is 8.72. The maximum atomic E-state index is 5.68. The van der Waals surface area contributed by atoms with Crippen LogP contribution in [0.5, 0.6) is 0 Å². The molecule has 0 amide bonds. The topological polar surface area (TPSA) is 24.5 Å². The van der Waals surface area contributed by atoms with Crippen molar-refractivity contribution in [2.45, 2.75) is 77.1 Å². The van der Waals surface area contributed by atoms with Crippen LogP contribution >= 0.6 is 0 Å². The zero-order valence-electron chi connectivity index (χ0n) is 12.3. The Bertz CT molecular complexity index is 241. The summed E-state index contributed by atoms with van der Waals surface area (Å²) >= 11 is 0. The maximum absolute atomic E-state index is 5.68. The molecular formula is C15H30N2O. The van der Waals surface area contributed by atoms with Crippen molar-refractivity contribution in [1.29, 1.82) is 0 Å². The molecule has 2 rings (SSSR count). The van der Waals surface area contributed by atoms with Gasteiger partial charge in [0.05, 0.1) is 6.10 Å². The second-order valence-corrected chi connectivity index (χ2v) is 5.99. The van der Waals surface area contributed by atoms with Gasteiger partial charge in [-0.3, -0.25) is 0 Å². The summed E-state index contributed by atoms with van der Waals surface area (Å²) in [5.74, 6) is 0. The van der Waals surface area contributed by atoms with Gasteiger partial charge >= 0.3 is 0 Å². The third-order valence-corrected chi connectivity index (χ3v) is 4.62. The van der Waals surface area contributed by atoms with Gasteiger partial charge in [-0.25, -0.2) is 0 Å². The summed E-state index contributed by atoms with van der Waals surface area (Å²) in [7, 11) is 0. The molecule has 0 aromatic heterocycles. The molecule has 0 bridgehead atoms. The fourth-order valence-electron chi connectivity index (χ4n) is 3.26. The lowest BCUT2D eigenvalue weighted by Gasteiger charge is -2.44. The molecular weight excluding hydrogens is 224 g/mol. The molecule has 0 aromatic carbocycles. The molecule has 2 unspecified atom stereocenters. The molecule has 1 N–H and O–H groups in total. The summed E-state index contributed by atoms with van der Waals surface area (Å²) in [5, 5.41) is 3.74. The summed E-state index contributed by atoms with van der Waals surface area (Å²) < 4.78 is 5.68. The molecule has 1 heterocycles. The third-order valence-electron chi connectivity index (χ3n) is 4.62. The highest BCUT2D eigenvalue weighted by Crippen LogP contribution is 2.29. The molecule has 2 fully saturated rings. The van der Waals surface area contributed by atoms with Crippen LogP contribution in [0.25, 0.3) is 0 Å². The van der Waals surface area contributed by atoms with E-state index in [9.17, 15) is 0 Å². The van der Waals surface area contributed by atoms with Crippen LogP contribution in [0.4, 0.5) is 0 Å². The first kappa shape index (κ1) is 14.3. The molecule has 3 heteroatoms. The monoisotopic (exact) mass is 254 g/mol. The van der Waals surface area contributed by atoms with E-state index in [0.717, 1.165) is 12.6 Å². The van der Waals surface area contributed by atoms with Gasteiger partial charge in [0.25, 0.3) is 0 Å². The summed E-state index contributed by atoms with van der Waals surface area (Å²) in [6.07, 6.45) is 6.90. The van der Waals surface area contributed by atoms with Gasteiger partial charge in [0, 0.05) is 24.7 Å². The van der Waals surface area contributed by atoms with Gasteiger partial charge in [-0.1, -0.05) is 6.92 Å². The van der Waals surface area contributed by atoms with Crippen LogP contribution in [0, 0.1) is 0 Å². The number of nitrogens with zero attached hydrogens (tertiary/aromatic N) is 1. The molecule has 1 aliphatic carbocycles. The number of ether oxygens (including phenoxy) is 1. The van der Waals surface area contributed by atoms with Gasteiger partial charge in [0.15, 0.2) is 0 Å². The molecule has 3 nitrogen and oxygen atoms in total. The van der Waals surface area contributed by atoms with Crippen LogP contribution in [-0.4, -0.2) is 48.8 Å². The Hall–Kier alpha value is -0.120. The summed E-state index contributed by atoms with van der Waals surface area (Å²) in [5.41, 5.74) is 0. The Morgan fingerprint density at radius 2 is 1.89 bits per heavy atom. The average Bonchev–Trinajstić information content (AvgIpc) is 2.30. The first-order valence-corrected chi connectivity index (χ1v) is 7.84. The van der Waals surface area contributed by atoms with E-state index in [4.69, 9.17) is 4.74 Å². The Kier molecular flexibility index (Phi) is 5.46. The van der Waals surface area contributed by atoms with Gasteiger partial charge in [-0.15, -0.1) is 0 Å². The quantitative estimate of drug-likeness (QED) is 0.834. The van der Waals surface area contributed by atoms with Gasteiger partial charge in [-0.05, 0) is 59.0 Å². The molecule has 1 saturated heterocycles. The van der Waals surface area contributed by atoms with E-state index >= 15 is 0 Å². The van der Waals surface area contributed by atoms with E-state index in [0.29, 0.717) is 18.2 Å². The summed E-state index contributed by atoms with van der Waals surface area (Å²) in [6.45, 7) is 10.1. The second-order valence-electron chi connectivity index (χ2n) is 5.99. The molecule has 18 heavy (non-hydrogen) atoms. The Morgan fingerprint density at radius 3 is 2.56 bits per heavy atom. The lowest BCUT2D eigenvalue weighted by Crippen LogP contribution is -2.52. The number of hydrogen-bond donors (Lipinski definition) is 1. The minimum Gasteiger partial charge on any atom is -0.378 e. The van der Waals surface area contributed by atoms with E-state index in [-0.39, 0.29) is 0 Å². The van der Waals surface area contributed by atoms with Crippen molar-refractivity contribution in [3.63, 3.8) is 0 Å². The van der Waals surface area contributed by atoms with E-state index in [1.165, 1.54) is 45.2 Å². The minimum atomic E-state index is 0.544. The van der Waals surface area contributed by atoms with Crippen LogP contribution < -0.4 is 5.32 Å². The van der Waals surface area contributed by atoms with Crippen LogP contribution in [0.15, 0.2) is 0 Å². The molecule has 0 spiro atoms. The van der Waals surface area contributed by atoms with Crippen molar-refractivity contribution in [3.05, 3.63) is 0 Å². The zero-order chi connectivity index (χ0) is 13.0. The van der Waals surface area contributed by atoms with Gasteiger partial charge in [0.1, 0.15) is 0 Å². The highest BCUT2D eigenvalue weighted by Gasteiger charge is 2.34. The Labute approximate surface area is 112 Å². The summed E-state index contributed by atoms with van der Waals surface area (Å²) in [4.78, 5) is 2.72. The predicted octanol–water partition coefficient (Wildman–Crippen LogP) is 2.41. The van der Waals surface area contributed by atoms with Crippen molar-refractivity contribution in [2.24, 2.45) is 0 Å². The SMILES string of the molecule is CCOC1CC(N2CCC(C)NC(CC)CC2)C1. The molecule has 2 aliphatic rings. The van der Waals surface area contributed by atoms with Crippen molar-refractivity contribution < 1.29 is 4.74 Å². The minimum absolute atomic E-state index is 0.544. The largest absolute Gasteiger partial charge is 0.378 e. The van der Waals surface area contributed by atoms with Crippen molar-refractivity contribution in [1.82, 2.24) is 10.2 Å². The van der Waals surface area contributed by atoms with Gasteiger partial charge in [0.2, 0.25) is 0 Å². The standard InChI is InChI=1S/C15H30N2O/c1-4-13-7-9-17(8-6-12(3)16-13)14-10-15(11-14)18-5-2/h12-16H,4-11H2,1-3H3. The van der Waals surface area contributed by atoms with Gasteiger partial charge < -0.3 is 15.0 Å². The molecule has 106 valence electrons. The zero-order valence-corrected chi connectivity index (χ0v) is 12.3. The smallest absolute Gasteiger partial charge is 0.0604 e. The maximum Gasteiger partial charge on any atom is 0.0604 e. The predicted molar refractivity (Wildman–Crippen MR) is 75.9 cm³/mol. The van der Waals surface area contributed by atoms with Crippen LogP contribution in [0.1, 0.15) is 52.9 Å². The molecule has 1 aliphatic heterocycles. The lowest BCUT2D eigenvalue weighted by atomic mass is 9.87. The fourth-order valence-corrected chi connectivity index (χ4v) is 3.26. The lowest BCUT2D eigenvalue weighted by molar-refractivity contribution is -0.0490. The van der Waals surface area contributed by atoms with Crippen LogP contribution in [-0.2, 0) is 4.74 Å². The Morgan fingerprint density at radius 1 is 1.17 bits per heavy atom. The first-order valence-electron chi connectivity index (χ1n) is 7.84. The summed E-state index contributed by atoms with van der Waals surface area (Å²) in [6, 6.07) is 2.18. The molecule has 0 aromatic rings. The number of nitrogens with one attached hydrogen (secondary N) is 1. The number of rotatable bonds is 4. The average molecular weight is 254 g/mol. The highest BCUT2D eigenvalue weighted by atomic mass is 16.5. The van der Waals surface area contributed by atoms with E-state index in [2.05, 4.69) is 31.0 Å². The Balaban J connectivity index is 1.78. The second kappa shape index (κ2) is 6.88. The van der Waals surface area contributed by atoms with Crippen LogP contribution in [0.2, 0.25) is 0 Å². The number of hydrogen-bond acceptors (Lipinski definition) is 3.